The van der Waals surface area contributed by atoms with Crippen LogP contribution in [-0.4, -0.2) is 74.0 Å². The lowest BCUT2D eigenvalue weighted by molar-refractivity contribution is -0.127. The number of hydrogen-bond donors (Lipinski definition) is 2. The fourth-order valence-electron chi connectivity index (χ4n) is 4.83. The molecule has 0 radical (unpaired) electrons. The topological polar surface area (TPSA) is 60.0 Å². The molecule has 1 amide bonds. The van der Waals surface area contributed by atoms with Crippen molar-refractivity contribution >= 4 is 35.8 Å². The lowest BCUT2D eigenvalue weighted by Crippen LogP contribution is -2.52. The summed E-state index contributed by atoms with van der Waals surface area (Å²) in [6, 6.07) is 0.943. The van der Waals surface area contributed by atoms with E-state index in [0.717, 1.165) is 50.3 Å². The number of fused-ring (bicyclic) bond motifs is 2. The number of guanidine groups is 1. The number of rotatable bonds is 6. The molecule has 0 aromatic carbocycles. The maximum absolute atomic E-state index is 12.0. The van der Waals surface area contributed by atoms with Gasteiger partial charge in [-0.3, -0.25) is 9.69 Å². The number of piperidine rings is 1. The summed E-state index contributed by atoms with van der Waals surface area (Å²) in [6.07, 6.45) is 7.55. The van der Waals surface area contributed by atoms with E-state index in [-0.39, 0.29) is 36.4 Å². The van der Waals surface area contributed by atoms with E-state index in [1.165, 1.54) is 31.3 Å². The molecule has 0 aromatic heterocycles. The quantitative estimate of drug-likeness (QED) is 0.253. The van der Waals surface area contributed by atoms with Gasteiger partial charge in [-0.2, -0.15) is 0 Å². The van der Waals surface area contributed by atoms with E-state index in [0.29, 0.717) is 12.1 Å². The van der Waals surface area contributed by atoms with Crippen LogP contribution in [0.15, 0.2) is 17.1 Å². The third kappa shape index (κ3) is 6.61. The maximum atomic E-state index is 12.0. The molecule has 3 fully saturated rings. The van der Waals surface area contributed by atoms with Gasteiger partial charge in [-0.05, 0) is 50.9 Å². The second kappa shape index (κ2) is 10.8. The Balaban J connectivity index is 0.00000280. The van der Waals surface area contributed by atoms with E-state index >= 15 is 0 Å². The molecular weight excluding hydrogens is 465 g/mol. The summed E-state index contributed by atoms with van der Waals surface area (Å²) in [7, 11) is 3.57. The number of likely N-dealkylation sites (tertiary alicyclic amines) is 1. The van der Waals surface area contributed by atoms with Gasteiger partial charge >= 0.3 is 0 Å². The van der Waals surface area contributed by atoms with E-state index in [9.17, 15) is 4.79 Å². The van der Waals surface area contributed by atoms with E-state index in [1.807, 2.05) is 0 Å². The van der Waals surface area contributed by atoms with Gasteiger partial charge in [0.25, 0.3) is 0 Å². The molecule has 1 heterocycles. The van der Waals surface area contributed by atoms with Crippen LogP contribution < -0.4 is 10.6 Å². The zero-order valence-corrected chi connectivity index (χ0v) is 20.1. The van der Waals surface area contributed by atoms with Gasteiger partial charge in [-0.15, -0.1) is 24.0 Å². The number of halogens is 1. The van der Waals surface area contributed by atoms with Crippen molar-refractivity contribution in [2.24, 2.45) is 16.8 Å². The minimum Gasteiger partial charge on any atom is -0.354 e. The highest BCUT2D eigenvalue weighted by atomic mass is 127. The van der Waals surface area contributed by atoms with Gasteiger partial charge in [0.1, 0.15) is 6.54 Å². The lowest BCUT2D eigenvalue weighted by Gasteiger charge is -2.34. The van der Waals surface area contributed by atoms with Gasteiger partial charge in [-0.1, -0.05) is 18.6 Å². The number of amides is 1. The van der Waals surface area contributed by atoms with Crippen LogP contribution in [0.4, 0.5) is 0 Å². The minimum absolute atomic E-state index is 0. The first-order valence-electron chi connectivity index (χ1n) is 10.5. The van der Waals surface area contributed by atoms with E-state index in [2.05, 4.69) is 34.0 Å². The van der Waals surface area contributed by atoms with Crippen molar-refractivity contribution < 1.29 is 4.79 Å². The van der Waals surface area contributed by atoms with Crippen molar-refractivity contribution in [1.82, 2.24) is 20.4 Å². The molecule has 160 valence electrons. The molecule has 2 N–H and O–H groups in total. The smallest absolute Gasteiger partial charge is 0.243 e. The molecule has 2 bridgehead atoms. The van der Waals surface area contributed by atoms with Gasteiger partial charge in [0.15, 0.2) is 5.96 Å². The number of likely N-dealkylation sites (N-methyl/N-ethyl adjacent to an activating group) is 1. The largest absolute Gasteiger partial charge is 0.354 e. The molecule has 3 rings (SSSR count). The minimum atomic E-state index is 0. The summed E-state index contributed by atoms with van der Waals surface area (Å²) in [5, 5.41) is 7.30. The van der Waals surface area contributed by atoms with Crippen LogP contribution in [-0.2, 0) is 4.79 Å². The average Bonchev–Trinajstić information content (AvgIpc) is 3.23. The highest BCUT2D eigenvalue weighted by molar-refractivity contribution is 14.0. The summed E-state index contributed by atoms with van der Waals surface area (Å²) < 4.78 is 0. The van der Waals surface area contributed by atoms with Crippen molar-refractivity contribution in [2.45, 2.75) is 57.5 Å². The number of nitrogens with one attached hydrogen (secondary N) is 2. The Morgan fingerprint density at radius 1 is 1.14 bits per heavy atom. The molecule has 3 aliphatic rings. The predicted octanol–water partition coefficient (Wildman–Crippen LogP) is 2.46. The molecule has 0 aromatic rings. The van der Waals surface area contributed by atoms with Crippen LogP contribution in [0.5, 0.6) is 0 Å². The molecule has 1 saturated heterocycles. The number of nitrogens with zero attached hydrogens (tertiary/aromatic N) is 3. The summed E-state index contributed by atoms with van der Waals surface area (Å²) in [5.74, 6) is 2.55. The molecule has 3 unspecified atom stereocenters. The van der Waals surface area contributed by atoms with E-state index < -0.39 is 0 Å². The van der Waals surface area contributed by atoms with E-state index in [1.54, 1.807) is 19.0 Å². The second-order valence-electron chi connectivity index (χ2n) is 9.03. The van der Waals surface area contributed by atoms with E-state index in [4.69, 9.17) is 0 Å². The zero-order valence-electron chi connectivity index (χ0n) is 17.7. The van der Waals surface area contributed by atoms with Crippen LogP contribution in [0.1, 0.15) is 45.4 Å². The van der Waals surface area contributed by atoms with Gasteiger partial charge < -0.3 is 15.5 Å². The van der Waals surface area contributed by atoms with Crippen LogP contribution in [0.3, 0.4) is 0 Å². The molecule has 6 nitrogen and oxygen atoms in total. The third-order valence-electron chi connectivity index (χ3n) is 6.35. The van der Waals surface area contributed by atoms with Gasteiger partial charge in [0.2, 0.25) is 5.91 Å². The average molecular weight is 503 g/mol. The molecule has 28 heavy (non-hydrogen) atoms. The Morgan fingerprint density at radius 3 is 2.39 bits per heavy atom. The van der Waals surface area contributed by atoms with Crippen LogP contribution in [0.25, 0.3) is 0 Å². The number of hydrogen-bond acceptors (Lipinski definition) is 3. The van der Waals surface area contributed by atoms with Crippen molar-refractivity contribution in [3.05, 3.63) is 12.2 Å². The first kappa shape index (κ1) is 23.4. The first-order chi connectivity index (χ1) is 12.9. The Hall–Kier alpha value is -0.830. The molecule has 7 heteroatoms. The van der Waals surface area contributed by atoms with Crippen molar-refractivity contribution in [1.29, 1.82) is 0 Å². The highest BCUT2D eigenvalue weighted by Gasteiger charge is 2.40. The standard InChI is InChI=1S/C21H37N5O.HI/c1-15(2)14-26-9-7-18(8-10-26)23-21(22-13-20(27)25(3)4)24-19-12-16-5-6-17(19)11-16;/h16-19H,1,5-14H2,2-4H3,(H2,22,23,24);1H. The normalized spacial score (nSPS) is 28.0. The first-order valence-corrected chi connectivity index (χ1v) is 10.5. The second-order valence-corrected chi connectivity index (χ2v) is 9.03. The number of aliphatic imine (C=N–C) groups is 1. The predicted molar refractivity (Wildman–Crippen MR) is 126 cm³/mol. The molecule has 2 aliphatic carbocycles. The van der Waals surface area contributed by atoms with Crippen molar-refractivity contribution in [3.63, 3.8) is 0 Å². The molecule has 0 spiro atoms. The number of carbonyl (C=O) groups excluding carboxylic acids is 1. The Bertz CT molecular complexity index is 571. The Morgan fingerprint density at radius 2 is 1.86 bits per heavy atom. The lowest BCUT2D eigenvalue weighted by atomic mass is 9.95. The molecule has 3 atom stereocenters. The Kier molecular flexibility index (Phi) is 9.05. The maximum Gasteiger partial charge on any atom is 0.243 e. The van der Waals surface area contributed by atoms with Crippen LogP contribution in [0.2, 0.25) is 0 Å². The summed E-state index contributed by atoms with van der Waals surface area (Å²) in [5.41, 5.74) is 1.23. The van der Waals surface area contributed by atoms with Crippen LogP contribution in [0, 0.1) is 11.8 Å². The summed E-state index contributed by atoms with van der Waals surface area (Å²) in [4.78, 5) is 20.7. The van der Waals surface area contributed by atoms with Crippen LogP contribution >= 0.6 is 24.0 Å². The van der Waals surface area contributed by atoms with Gasteiger partial charge in [-0.25, -0.2) is 4.99 Å². The molecular formula is C21H38IN5O. The van der Waals surface area contributed by atoms with Crippen molar-refractivity contribution in [2.75, 3.05) is 40.3 Å². The summed E-state index contributed by atoms with van der Waals surface area (Å²) in [6.45, 7) is 9.49. The summed E-state index contributed by atoms with van der Waals surface area (Å²) >= 11 is 0. The zero-order chi connectivity index (χ0) is 19.4. The fraction of sp³-hybridized carbons (Fsp3) is 0.810. The molecule has 2 saturated carbocycles. The highest BCUT2D eigenvalue weighted by Crippen LogP contribution is 2.44. The van der Waals surface area contributed by atoms with Gasteiger partial charge in [0.05, 0.1) is 0 Å². The Labute approximate surface area is 187 Å². The monoisotopic (exact) mass is 503 g/mol. The molecule has 1 aliphatic heterocycles. The van der Waals surface area contributed by atoms with Gasteiger partial charge in [0, 0.05) is 45.8 Å². The SMILES string of the molecule is C=C(C)CN1CCC(NC(=NCC(=O)N(C)C)NC2CC3CCC2C3)CC1.I. The number of carbonyl (C=O) groups is 1. The third-order valence-corrected chi connectivity index (χ3v) is 6.35. The van der Waals surface area contributed by atoms with Crippen molar-refractivity contribution in [3.8, 4) is 0 Å². The fourth-order valence-corrected chi connectivity index (χ4v) is 4.83.